The molecule has 1 aromatic heterocycles. The van der Waals surface area contributed by atoms with Gasteiger partial charge in [0.25, 0.3) is 0 Å². The Labute approximate surface area is 72.7 Å². The highest BCUT2D eigenvalue weighted by molar-refractivity contribution is 5.12. The van der Waals surface area contributed by atoms with E-state index in [9.17, 15) is 0 Å². The highest BCUT2D eigenvalue weighted by Crippen LogP contribution is 2.34. The molecule has 1 aromatic rings. The first kappa shape index (κ1) is 7.87. The van der Waals surface area contributed by atoms with Crippen LogP contribution in [0.5, 0.6) is 0 Å². The number of nitrogens with two attached hydrogens (primary N) is 1. The van der Waals surface area contributed by atoms with Gasteiger partial charge in [-0.15, -0.1) is 0 Å². The zero-order valence-corrected chi connectivity index (χ0v) is 7.42. The fraction of sp³-hybridized carbons (Fsp3) is 0.600. The van der Waals surface area contributed by atoms with Gasteiger partial charge in [-0.2, -0.15) is 0 Å². The van der Waals surface area contributed by atoms with Crippen molar-refractivity contribution in [3.05, 3.63) is 23.7 Å². The summed E-state index contributed by atoms with van der Waals surface area (Å²) in [6, 6.07) is 4.50. The molecule has 0 spiro atoms. The maximum Gasteiger partial charge on any atom is 0.107 e. The van der Waals surface area contributed by atoms with Crippen molar-refractivity contribution >= 4 is 0 Å². The van der Waals surface area contributed by atoms with Gasteiger partial charge in [0.15, 0.2) is 0 Å². The minimum absolute atomic E-state index is 0.389. The van der Waals surface area contributed by atoms with Gasteiger partial charge in [0.1, 0.15) is 11.5 Å². The Morgan fingerprint density at radius 3 is 2.75 bits per heavy atom. The first-order valence-electron chi connectivity index (χ1n) is 4.57. The van der Waals surface area contributed by atoms with Crippen molar-refractivity contribution in [3.8, 4) is 0 Å². The molecule has 0 bridgehead atoms. The molecule has 2 heteroatoms. The summed E-state index contributed by atoms with van der Waals surface area (Å²) < 4.78 is 5.56. The lowest BCUT2D eigenvalue weighted by Crippen LogP contribution is -2.14. The summed E-state index contributed by atoms with van der Waals surface area (Å²) in [5.74, 6) is 2.71. The predicted octanol–water partition coefficient (Wildman–Crippen LogP) is 2.18. The van der Waals surface area contributed by atoms with E-state index in [2.05, 4.69) is 6.07 Å². The first-order chi connectivity index (χ1) is 5.75. The number of hydrogen-bond acceptors (Lipinski definition) is 2. The monoisotopic (exact) mass is 165 g/mol. The lowest BCUT2D eigenvalue weighted by Gasteiger charge is -2.04. The summed E-state index contributed by atoms with van der Waals surface area (Å²) in [7, 11) is 0. The average molecular weight is 165 g/mol. The Bertz CT molecular complexity index is 267. The van der Waals surface area contributed by atoms with Crippen LogP contribution in [0.2, 0.25) is 0 Å². The van der Waals surface area contributed by atoms with Crippen LogP contribution >= 0.6 is 0 Å². The van der Waals surface area contributed by atoms with E-state index in [1.807, 2.05) is 13.0 Å². The Morgan fingerprint density at radius 1 is 1.42 bits per heavy atom. The van der Waals surface area contributed by atoms with Crippen LogP contribution in [0.15, 0.2) is 16.5 Å². The number of hydrogen-bond donors (Lipinski definition) is 1. The summed E-state index contributed by atoms with van der Waals surface area (Å²) in [6.07, 6.45) is 3.42. The maximum absolute atomic E-state index is 5.83. The van der Waals surface area contributed by atoms with Crippen LogP contribution in [0, 0.1) is 6.92 Å². The zero-order chi connectivity index (χ0) is 8.55. The molecule has 2 atom stereocenters. The van der Waals surface area contributed by atoms with Crippen molar-refractivity contribution in [1.82, 2.24) is 0 Å². The largest absolute Gasteiger partial charge is 0.466 e. The SMILES string of the molecule is Cc1ccc(C2CCC(N)C2)o1. The van der Waals surface area contributed by atoms with Crippen LogP contribution in [-0.4, -0.2) is 6.04 Å². The smallest absolute Gasteiger partial charge is 0.107 e. The quantitative estimate of drug-likeness (QED) is 0.692. The molecule has 1 fully saturated rings. The molecule has 1 saturated carbocycles. The molecule has 0 aromatic carbocycles. The van der Waals surface area contributed by atoms with E-state index in [0.717, 1.165) is 24.4 Å². The van der Waals surface area contributed by atoms with E-state index in [1.54, 1.807) is 0 Å². The second-order valence-corrected chi connectivity index (χ2v) is 3.72. The molecule has 2 rings (SSSR count). The van der Waals surface area contributed by atoms with E-state index < -0.39 is 0 Å². The molecule has 2 N–H and O–H groups in total. The van der Waals surface area contributed by atoms with Crippen molar-refractivity contribution in [3.63, 3.8) is 0 Å². The summed E-state index contributed by atoms with van der Waals surface area (Å²) in [5.41, 5.74) is 5.83. The number of furan rings is 1. The van der Waals surface area contributed by atoms with E-state index in [4.69, 9.17) is 10.2 Å². The Hall–Kier alpha value is -0.760. The topological polar surface area (TPSA) is 39.2 Å². The van der Waals surface area contributed by atoms with Gasteiger partial charge < -0.3 is 10.2 Å². The molecule has 0 saturated heterocycles. The Kier molecular flexibility index (Phi) is 1.93. The third-order valence-corrected chi connectivity index (χ3v) is 2.64. The van der Waals surface area contributed by atoms with Crippen LogP contribution in [0.4, 0.5) is 0 Å². The Morgan fingerprint density at radius 2 is 2.25 bits per heavy atom. The molecule has 0 radical (unpaired) electrons. The second kappa shape index (κ2) is 2.94. The summed E-state index contributed by atoms with van der Waals surface area (Å²) >= 11 is 0. The van der Waals surface area contributed by atoms with E-state index in [-0.39, 0.29) is 0 Å². The molecule has 2 unspecified atom stereocenters. The minimum atomic E-state index is 0.389. The standard InChI is InChI=1S/C10H15NO/c1-7-2-5-10(12-7)8-3-4-9(11)6-8/h2,5,8-9H,3-4,6,11H2,1H3. The molecular weight excluding hydrogens is 150 g/mol. The van der Waals surface area contributed by atoms with Crippen LogP contribution < -0.4 is 5.73 Å². The van der Waals surface area contributed by atoms with E-state index in [0.29, 0.717) is 12.0 Å². The lowest BCUT2D eigenvalue weighted by molar-refractivity contribution is 0.443. The molecule has 1 heterocycles. The first-order valence-corrected chi connectivity index (χ1v) is 4.57. The van der Waals surface area contributed by atoms with Gasteiger partial charge >= 0.3 is 0 Å². The molecule has 2 nitrogen and oxygen atoms in total. The van der Waals surface area contributed by atoms with Crippen LogP contribution in [0.3, 0.4) is 0 Å². The highest BCUT2D eigenvalue weighted by atomic mass is 16.3. The van der Waals surface area contributed by atoms with Crippen molar-refractivity contribution in [2.45, 2.75) is 38.1 Å². The van der Waals surface area contributed by atoms with Gasteiger partial charge in [-0.25, -0.2) is 0 Å². The summed E-state index contributed by atoms with van der Waals surface area (Å²) in [5, 5.41) is 0. The maximum atomic E-state index is 5.83. The third kappa shape index (κ3) is 1.39. The zero-order valence-electron chi connectivity index (χ0n) is 7.42. The summed E-state index contributed by atoms with van der Waals surface area (Å²) in [6.45, 7) is 1.98. The number of rotatable bonds is 1. The van der Waals surface area contributed by atoms with Crippen molar-refractivity contribution < 1.29 is 4.42 Å². The van der Waals surface area contributed by atoms with Crippen molar-refractivity contribution in [1.29, 1.82) is 0 Å². The Balaban J connectivity index is 2.11. The van der Waals surface area contributed by atoms with Gasteiger partial charge in [0.05, 0.1) is 0 Å². The molecule has 0 amide bonds. The predicted molar refractivity (Wildman–Crippen MR) is 48.0 cm³/mol. The van der Waals surface area contributed by atoms with Crippen LogP contribution in [-0.2, 0) is 0 Å². The lowest BCUT2D eigenvalue weighted by atomic mass is 10.1. The van der Waals surface area contributed by atoms with Crippen molar-refractivity contribution in [2.24, 2.45) is 5.73 Å². The molecule has 0 aliphatic heterocycles. The molecular formula is C10H15NO. The van der Waals surface area contributed by atoms with E-state index >= 15 is 0 Å². The third-order valence-electron chi connectivity index (χ3n) is 2.64. The average Bonchev–Trinajstić information content (AvgIpc) is 2.58. The van der Waals surface area contributed by atoms with E-state index in [1.165, 1.54) is 6.42 Å². The fourth-order valence-electron chi connectivity index (χ4n) is 1.95. The van der Waals surface area contributed by atoms with Gasteiger partial charge in [0, 0.05) is 12.0 Å². The fourth-order valence-corrected chi connectivity index (χ4v) is 1.95. The highest BCUT2D eigenvalue weighted by Gasteiger charge is 2.25. The van der Waals surface area contributed by atoms with Gasteiger partial charge in [-0.3, -0.25) is 0 Å². The molecule has 1 aliphatic carbocycles. The second-order valence-electron chi connectivity index (χ2n) is 3.72. The van der Waals surface area contributed by atoms with Gasteiger partial charge in [-0.05, 0) is 38.3 Å². The van der Waals surface area contributed by atoms with Crippen LogP contribution in [0.1, 0.15) is 36.7 Å². The molecule has 12 heavy (non-hydrogen) atoms. The molecule has 66 valence electrons. The number of aryl methyl sites for hydroxylation is 1. The van der Waals surface area contributed by atoms with Crippen molar-refractivity contribution in [2.75, 3.05) is 0 Å². The van der Waals surface area contributed by atoms with Crippen LogP contribution in [0.25, 0.3) is 0 Å². The minimum Gasteiger partial charge on any atom is -0.466 e. The molecule has 1 aliphatic rings. The van der Waals surface area contributed by atoms with Gasteiger partial charge in [-0.1, -0.05) is 0 Å². The van der Waals surface area contributed by atoms with Gasteiger partial charge in [0.2, 0.25) is 0 Å². The normalized spacial score (nSPS) is 29.5. The summed E-state index contributed by atoms with van der Waals surface area (Å²) in [4.78, 5) is 0.